The molecule has 0 aliphatic carbocycles. The lowest BCUT2D eigenvalue weighted by atomic mass is 9.85. The molecule has 1 aliphatic rings. The van der Waals surface area contributed by atoms with Crippen molar-refractivity contribution in [1.29, 1.82) is 0 Å². The van der Waals surface area contributed by atoms with Crippen LogP contribution in [0.2, 0.25) is 0 Å². The molecule has 2 rings (SSSR count). The average molecular weight is 248 g/mol. The van der Waals surface area contributed by atoms with Crippen molar-refractivity contribution in [2.75, 3.05) is 30.4 Å². The summed E-state index contributed by atoms with van der Waals surface area (Å²) in [4.78, 5) is 6.56. The summed E-state index contributed by atoms with van der Waals surface area (Å²) in [5, 5.41) is 3.21. The second-order valence-electron chi connectivity index (χ2n) is 5.55. The number of nitrogens with zero attached hydrogens (tertiary/aromatic N) is 2. The number of hydrogen-bond donors (Lipinski definition) is 2. The number of pyridine rings is 1. The SMILES string of the molecule is CNc1cnccc1N1CC(N)CC(C(C)C)C1. The molecule has 4 heteroatoms. The van der Waals surface area contributed by atoms with Crippen molar-refractivity contribution in [3.05, 3.63) is 18.5 Å². The molecule has 2 heterocycles. The van der Waals surface area contributed by atoms with E-state index in [2.05, 4.69) is 35.1 Å². The van der Waals surface area contributed by atoms with Crippen molar-refractivity contribution >= 4 is 11.4 Å². The van der Waals surface area contributed by atoms with Crippen LogP contribution in [0.15, 0.2) is 18.5 Å². The summed E-state index contributed by atoms with van der Waals surface area (Å²) in [5.41, 5.74) is 8.50. The zero-order valence-electron chi connectivity index (χ0n) is 11.6. The third-order valence-electron chi connectivity index (χ3n) is 3.87. The van der Waals surface area contributed by atoms with Crippen LogP contribution in [0.3, 0.4) is 0 Å². The van der Waals surface area contributed by atoms with Gasteiger partial charge in [-0.05, 0) is 24.3 Å². The highest BCUT2D eigenvalue weighted by atomic mass is 15.2. The first-order valence-corrected chi connectivity index (χ1v) is 6.74. The molecule has 3 N–H and O–H groups in total. The van der Waals surface area contributed by atoms with Gasteiger partial charge in [0.15, 0.2) is 0 Å². The van der Waals surface area contributed by atoms with Crippen LogP contribution in [0.25, 0.3) is 0 Å². The third-order valence-corrected chi connectivity index (χ3v) is 3.87. The van der Waals surface area contributed by atoms with E-state index in [1.54, 1.807) is 0 Å². The first kappa shape index (κ1) is 13.1. The van der Waals surface area contributed by atoms with Crippen LogP contribution in [-0.4, -0.2) is 31.2 Å². The Hall–Kier alpha value is -1.29. The van der Waals surface area contributed by atoms with Gasteiger partial charge < -0.3 is 16.0 Å². The molecule has 0 aromatic carbocycles. The van der Waals surface area contributed by atoms with E-state index in [9.17, 15) is 0 Å². The van der Waals surface area contributed by atoms with Gasteiger partial charge in [-0.2, -0.15) is 0 Å². The fourth-order valence-electron chi connectivity index (χ4n) is 2.71. The van der Waals surface area contributed by atoms with Crippen LogP contribution in [0.4, 0.5) is 11.4 Å². The van der Waals surface area contributed by atoms with Gasteiger partial charge in [-0.1, -0.05) is 13.8 Å². The molecule has 0 amide bonds. The molecule has 0 spiro atoms. The molecule has 100 valence electrons. The maximum atomic E-state index is 6.20. The largest absolute Gasteiger partial charge is 0.385 e. The van der Waals surface area contributed by atoms with Crippen LogP contribution in [0.1, 0.15) is 20.3 Å². The summed E-state index contributed by atoms with van der Waals surface area (Å²) in [6.45, 7) is 6.59. The van der Waals surface area contributed by atoms with Gasteiger partial charge in [0.2, 0.25) is 0 Å². The van der Waals surface area contributed by atoms with Gasteiger partial charge in [0, 0.05) is 32.4 Å². The zero-order valence-corrected chi connectivity index (χ0v) is 11.6. The minimum atomic E-state index is 0.268. The summed E-state index contributed by atoms with van der Waals surface area (Å²) >= 11 is 0. The van der Waals surface area contributed by atoms with Crippen LogP contribution in [0.5, 0.6) is 0 Å². The van der Waals surface area contributed by atoms with Gasteiger partial charge in [-0.3, -0.25) is 4.98 Å². The predicted molar refractivity (Wildman–Crippen MR) is 76.9 cm³/mol. The second-order valence-corrected chi connectivity index (χ2v) is 5.55. The first-order valence-electron chi connectivity index (χ1n) is 6.74. The van der Waals surface area contributed by atoms with Gasteiger partial charge in [0.25, 0.3) is 0 Å². The Morgan fingerprint density at radius 2 is 2.22 bits per heavy atom. The molecule has 4 nitrogen and oxygen atoms in total. The molecule has 0 bridgehead atoms. The molecular weight excluding hydrogens is 224 g/mol. The lowest BCUT2D eigenvalue weighted by molar-refractivity contribution is 0.298. The number of rotatable bonds is 3. The van der Waals surface area contributed by atoms with Crippen molar-refractivity contribution < 1.29 is 0 Å². The fourth-order valence-corrected chi connectivity index (χ4v) is 2.71. The van der Waals surface area contributed by atoms with E-state index in [0.29, 0.717) is 11.8 Å². The van der Waals surface area contributed by atoms with Gasteiger partial charge >= 0.3 is 0 Å². The normalized spacial score (nSPS) is 24.4. The Morgan fingerprint density at radius 1 is 1.44 bits per heavy atom. The van der Waals surface area contributed by atoms with Crippen molar-refractivity contribution in [3.8, 4) is 0 Å². The second kappa shape index (κ2) is 5.57. The maximum absolute atomic E-state index is 6.20. The number of hydrogen-bond acceptors (Lipinski definition) is 4. The van der Waals surface area contributed by atoms with Gasteiger partial charge in [0.1, 0.15) is 0 Å². The summed E-state index contributed by atoms with van der Waals surface area (Å²) in [5.74, 6) is 1.35. The van der Waals surface area contributed by atoms with Crippen LogP contribution >= 0.6 is 0 Å². The Labute approximate surface area is 110 Å². The minimum Gasteiger partial charge on any atom is -0.385 e. The molecule has 1 fully saturated rings. The summed E-state index contributed by atoms with van der Waals surface area (Å²) in [7, 11) is 1.93. The number of nitrogens with two attached hydrogens (primary N) is 1. The molecule has 1 aliphatic heterocycles. The molecule has 1 aromatic rings. The van der Waals surface area contributed by atoms with E-state index < -0.39 is 0 Å². The lowest BCUT2D eigenvalue weighted by Gasteiger charge is -2.40. The summed E-state index contributed by atoms with van der Waals surface area (Å²) in [6.07, 6.45) is 4.86. The Kier molecular flexibility index (Phi) is 4.07. The molecule has 2 unspecified atom stereocenters. The highest BCUT2D eigenvalue weighted by Gasteiger charge is 2.28. The molecule has 18 heavy (non-hydrogen) atoms. The van der Waals surface area contributed by atoms with E-state index >= 15 is 0 Å². The zero-order chi connectivity index (χ0) is 13.1. The van der Waals surface area contributed by atoms with Crippen molar-refractivity contribution in [3.63, 3.8) is 0 Å². The van der Waals surface area contributed by atoms with E-state index in [4.69, 9.17) is 5.73 Å². The van der Waals surface area contributed by atoms with Crippen LogP contribution < -0.4 is 16.0 Å². The molecule has 1 saturated heterocycles. The van der Waals surface area contributed by atoms with Crippen molar-refractivity contribution in [2.45, 2.75) is 26.3 Å². The predicted octanol–water partition coefficient (Wildman–Crippen LogP) is 1.93. The van der Waals surface area contributed by atoms with E-state index in [-0.39, 0.29) is 6.04 Å². The topological polar surface area (TPSA) is 54.2 Å². The molecule has 1 aromatic heterocycles. The Balaban J connectivity index is 2.21. The molecular formula is C14H24N4. The smallest absolute Gasteiger partial charge is 0.0761 e. The van der Waals surface area contributed by atoms with Gasteiger partial charge in [0.05, 0.1) is 17.6 Å². The standard InChI is InChI=1S/C14H24N4/c1-10(2)11-6-12(15)9-18(8-11)14-4-5-17-7-13(14)16-3/h4-5,7,10-12,16H,6,8-9,15H2,1-3H3. The fraction of sp³-hybridized carbons (Fsp3) is 0.643. The number of aromatic nitrogens is 1. The summed E-state index contributed by atoms with van der Waals surface area (Å²) < 4.78 is 0. The number of nitrogens with one attached hydrogen (secondary N) is 1. The average Bonchev–Trinajstić information content (AvgIpc) is 2.38. The highest BCUT2D eigenvalue weighted by Crippen LogP contribution is 2.30. The van der Waals surface area contributed by atoms with E-state index in [1.807, 2.05) is 19.4 Å². The third kappa shape index (κ3) is 2.75. The van der Waals surface area contributed by atoms with Crippen LogP contribution in [-0.2, 0) is 0 Å². The maximum Gasteiger partial charge on any atom is 0.0761 e. The Morgan fingerprint density at radius 3 is 2.89 bits per heavy atom. The molecule has 0 saturated carbocycles. The van der Waals surface area contributed by atoms with Gasteiger partial charge in [-0.25, -0.2) is 0 Å². The monoisotopic (exact) mass is 248 g/mol. The Bertz CT molecular complexity index is 391. The number of anilines is 2. The number of piperidine rings is 1. The quantitative estimate of drug-likeness (QED) is 0.858. The van der Waals surface area contributed by atoms with E-state index in [1.165, 1.54) is 5.69 Å². The summed E-state index contributed by atoms with van der Waals surface area (Å²) in [6, 6.07) is 2.34. The first-order chi connectivity index (χ1) is 8.61. The van der Waals surface area contributed by atoms with Crippen molar-refractivity contribution in [1.82, 2.24) is 4.98 Å². The molecule has 2 atom stereocenters. The van der Waals surface area contributed by atoms with Gasteiger partial charge in [-0.15, -0.1) is 0 Å². The molecule has 0 radical (unpaired) electrons. The van der Waals surface area contributed by atoms with Crippen molar-refractivity contribution in [2.24, 2.45) is 17.6 Å². The lowest BCUT2D eigenvalue weighted by Crippen LogP contribution is -2.48. The van der Waals surface area contributed by atoms with Crippen LogP contribution in [0, 0.1) is 11.8 Å². The highest BCUT2D eigenvalue weighted by molar-refractivity contribution is 5.68. The minimum absolute atomic E-state index is 0.268. The van der Waals surface area contributed by atoms with E-state index in [0.717, 1.165) is 25.2 Å².